The molecule has 1 N–H and O–H groups in total. The lowest BCUT2D eigenvalue weighted by Crippen LogP contribution is -2.14. The number of halogens is 1. The summed E-state index contributed by atoms with van der Waals surface area (Å²) >= 11 is 3.49. The zero-order valence-corrected chi connectivity index (χ0v) is 12.6. The highest BCUT2D eigenvalue weighted by atomic mass is 79.9. The third kappa shape index (κ3) is 4.08. The minimum absolute atomic E-state index is 0.587. The Balaban J connectivity index is 2.05. The summed E-state index contributed by atoms with van der Waals surface area (Å²) in [4.78, 5) is 0. The topological polar surface area (TPSA) is 21.3 Å². The van der Waals surface area contributed by atoms with Crippen LogP contribution in [0.15, 0.2) is 53.0 Å². The molecule has 19 heavy (non-hydrogen) atoms. The molecule has 0 bridgehead atoms. The van der Waals surface area contributed by atoms with Crippen LogP contribution >= 0.6 is 15.9 Å². The maximum Gasteiger partial charge on any atom is 0.133 e. The maximum absolute atomic E-state index is 5.87. The number of hydrogen-bond acceptors (Lipinski definition) is 2. The van der Waals surface area contributed by atoms with Crippen LogP contribution in [-0.2, 0) is 13.2 Å². The van der Waals surface area contributed by atoms with Crippen molar-refractivity contribution in [2.45, 2.75) is 20.1 Å². The van der Waals surface area contributed by atoms with Gasteiger partial charge in [0, 0.05) is 6.54 Å². The van der Waals surface area contributed by atoms with E-state index in [1.807, 2.05) is 30.3 Å². The van der Waals surface area contributed by atoms with E-state index in [-0.39, 0.29) is 0 Å². The summed E-state index contributed by atoms with van der Waals surface area (Å²) in [6.45, 7) is 4.55. The monoisotopic (exact) mass is 319 g/mol. The Morgan fingerprint density at radius 2 is 1.68 bits per heavy atom. The van der Waals surface area contributed by atoms with E-state index in [0.717, 1.165) is 23.3 Å². The molecule has 2 nitrogen and oxygen atoms in total. The highest BCUT2D eigenvalue weighted by molar-refractivity contribution is 9.10. The SMILES string of the molecule is CCNCc1ccccc1COc1ccccc1Br. The molecule has 100 valence electrons. The zero-order valence-electron chi connectivity index (χ0n) is 11.0. The molecule has 0 spiro atoms. The molecule has 0 aliphatic carbocycles. The third-order valence-electron chi connectivity index (χ3n) is 2.90. The molecule has 2 aromatic rings. The standard InChI is InChI=1S/C16H18BrNO/c1-2-18-11-13-7-3-4-8-14(13)12-19-16-10-6-5-9-15(16)17/h3-10,18H,2,11-12H2,1H3. The Labute approximate surface area is 122 Å². The lowest BCUT2D eigenvalue weighted by Gasteiger charge is -2.12. The van der Waals surface area contributed by atoms with Gasteiger partial charge in [-0.05, 0) is 45.7 Å². The Kier molecular flexibility index (Phi) is 5.43. The first kappa shape index (κ1) is 14.1. The minimum Gasteiger partial charge on any atom is -0.488 e. The quantitative estimate of drug-likeness (QED) is 0.864. The van der Waals surface area contributed by atoms with Gasteiger partial charge >= 0.3 is 0 Å². The van der Waals surface area contributed by atoms with E-state index < -0.39 is 0 Å². The molecule has 0 unspecified atom stereocenters. The summed E-state index contributed by atoms with van der Waals surface area (Å²) in [5.41, 5.74) is 2.51. The second kappa shape index (κ2) is 7.31. The predicted octanol–water partition coefficient (Wildman–Crippen LogP) is 4.14. The van der Waals surface area contributed by atoms with Crippen molar-refractivity contribution >= 4 is 15.9 Å². The van der Waals surface area contributed by atoms with Gasteiger partial charge in [-0.1, -0.05) is 43.3 Å². The van der Waals surface area contributed by atoms with Crippen molar-refractivity contribution in [3.8, 4) is 5.75 Å². The van der Waals surface area contributed by atoms with Crippen molar-refractivity contribution in [2.24, 2.45) is 0 Å². The molecular formula is C16H18BrNO. The van der Waals surface area contributed by atoms with Crippen molar-refractivity contribution in [1.82, 2.24) is 5.32 Å². The summed E-state index contributed by atoms with van der Waals surface area (Å²) in [6.07, 6.45) is 0. The van der Waals surface area contributed by atoms with Gasteiger partial charge in [-0.25, -0.2) is 0 Å². The van der Waals surface area contributed by atoms with Crippen molar-refractivity contribution in [2.75, 3.05) is 6.54 Å². The smallest absolute Gasteiger partial charge is 0.133 e. The molecule has 0 fully saturated rings. The molecule has 0 aliphatic rings. The van der Waals surface area contributed by atoms with Crippen LogP contribution in [0.1, 0.15) is 18.1 Å². The van der Waals surface area contributed by atoms with Gasteiger partial charge in [-0.2, -0.15) is 0 Å². The van der Waals surface area contributed by atoms with Gasteiger partial charge in [0.25, 0.3) is 0 Å². The van der Waals surface area contributed by atoms with E-state index in [4.69, 9.17) is 4.74 Å². The van der Waals surface area contributed by atoms with Gasteiger partial charge in [0.2, 0.25) is 0 Å². The molecule has 3 heteroatoms. The fourth-order valence-electron chi connectivity index (χ4n) is 1.85. The first-order valence-corrected chi connectivity index (χ1v) is 7.25. The third-order valence-corrected chi connectivity index (χ3v) is 3.56. The Bertz CT molecular complexity index is 528. The van der Waals surface area contributed by atoms with E-state index in [1.54, 1.807) is 0 Å². The van der Waals surface area contributed by atoms with Crippen LogP contribution in [0, 0.1) is 0 Å². The Hall–Kier alpha value is -1.32. The average molecular weight is 320 g/mol. The molecule has 2 aromatic carbocycles. The van der Waals surface area contributed by atoms with Gasteiger partial charge < -0.3 is 10.1 Å². The number of rotatable bonds is 6. The van der Waals surface area contributed by atoms with Gasteiger partial charge in [-0.3, -0.25) is 0 Å². The predicted molar refractivity (Wildman–Crippen MR) is 82.3 cm³/mol. The zero-order chi connectivity index (χ0) is 13.5. The number of ether oxygens (including phenoxy) is 1. The fraction of sp³-hybridized carbons (Fsp3) is 0.250. The van der Waals surface area contributed by atoms with Crippen molar-refractivity contribution in [3.63, 3.8) is 0 Å². The van der Waals surface area contributed by atoms with Gasteiger partial charge in [0.15, 0.2) is 0 Å². The first-order chi connectivity index (χ1) is 9.31. The second-order valence-electron chi connectivity index (χ2n) is 4.27. The summed E-state index contributed by atoms with van der Waals surface area (Å²) in [6, 6.07) is 16.3. The summed E-state index contributed by atoms with van der Waals surface area (Å²) < 4.78 is 6.85. The molecule has 0 aliphatic heterocycles. The second-order valence-corrected chi connectivity index (χ2v) is 5.12. The molecule has 0 saturated carbocycles. The van der Waals surface area contributed by atoms with Gasteiger partial charge in [-0.15, -0.1) is 0 Å². The normalized spacial score (nSPS) is 10.4. The number of benzene rings is 2. The van der Waals surface area contributed by atoms with Crippen LogP contribution in [-0.4, -0.2) is 6.54 Å². The van der Waals surface area contributed by atoms with E-state index in [2.05, 4.69) is 46.4 Å². The number of hydrogen-bond donors (Lipinski definition) is 1. The lowest BCUT2D eigenvalue weighted by atomic mass is 10.1. The van der Waals surface area contributed by atoms with Crippen LogP contribution in [0.3, 0.4) is 0 Å². The lowest BCUT2D eigenvalue weighted by molar-refractivity contribution is 0.302. The van der Waals surface area contributed by atoms with E-state index in [9.17, 15) is 0 Å². The van der Waals surface area contributed by atoms with Crippen molar-refractivity contribution in [1.29, 1.82) is 0 Å². The van der Waals surface area contributed by atoms with E-state index >= 15 is 0 Å². The summed E-state index contributed by atoms with van der Waals surface area (Å²) in [7, 11) is 0. The number of para-hydroxylation sites is 1. The molecule has 0 atom stereocenters. The molecule has 2 rings (SSSR count). The highest BCUT2D eigenvalue weighted by Gasteiger charge is 2.04. The molecular weight excluding hydrogens is 302 g/mol. The van der Waals surface area contributed by atoms with Crippen molar-refractivity contribution < 1.29 is 4.74 Å². The van der Waals surface area contributed by atoms with E-state index in [0.29, 0.717) is 6.61 Å². The van der Waals surface area contributed by atoms with Crippen molar-refractivity contribution in [3.05, 3.63) is 64.1 Å². The van der Waals surface area contributed by atoms with Gasteiger partial charge in [0.1, 0.15) is 12.4 Å². The maximum atomic E-state index is 5.87. The van der Waals surface area contributed by atoms with Crippen LogP contribution in [0.25, 0.3) is 0 Å². The summed E-state index contributed by atoms with van der Waals surface area (Å²) in [5, 5.41) is 3.35. The Morgan fingerprint density at radius 1 is 1.00 bits per heavy atom. The summed E-state index contributed by atoms with van der Waals surface area (Å²) in [5.74, 6) is 0.876. The van der Waals surface area contributed by atoms with Crippen LogP contribution < -0.4 is 10.1 Å². The molecule has 0 aromatic heterocycles. The molecule has 0 saturated heterocycles. The first-order valence-electron chi connectivity index (χ1n) is 6.46. The Morgan fingerprint density at radius 3 is 2.42 bits per heavy atom. The minimum atomic E-state index is 0.587. The average Bonchev–Trinajstić information content (AvgIpc) is 2.45. The molecule has 0 radical (unpaired) electrons. The molecule has 0 amide bonds. The highest BCUT2D eigenvalue weighted by Crippen LogP contribution is 2.25. The van der Waals surface area contributed by atoms with Crippen LogP contribution in [0.2, 0.25) is 0 Å². The molecule has 0 heterocycles. The number of nitrogens with one attached hydrogen (secondary N) is 1. The van der Waals surface area contributed by atoms with E-state index in [1.165, 1.54) is 11.1 Å². The van der Waals surface area contributed by atoms with Crippen LogP contribution in [0.5, 0.6) is 5.75 Å². The van der Waals surface area contributed by atoms with Crippen LogP contribution in [0.4, 0.5) is 0 Å². The fourth-order valence-corrected chi connectivity index (χ4v) is 2.25. The largest absolute Gasteiger partial charge is 0.488 e. The van der Waals surface area contributed by atoms with Gasteiger partial charge in [0.05, 0.1) is 4.47 Å².